The summed E-state index contributed by atoms with van der Waals surface area (Å²) in [7, 11) is 0. The molecule has 130 valence electrons. The van der Waals surface area contributed by atoms with E-state index in [2.05, 4.69) is 30.7 Å². The van der Waals surface area contributed by atoms with Crippen molar-refractivity contribution in [1.29, 1.82) is 0 Å². The molecule has 0 aliphatic rings. The normalized spacial score (nSPS) is 10.6. The van der Waals surface area contributed by atoms with Crippen LogP contribution in [0.1, 0.15) is 28.2 Å². The molecule has 1 amide bonds. The van der Waals surface area contributed by atoms with Crippen molar-refractivity contribution in [1.82, 2.24) is 25.4 Å². The highest BCUT2D eigenvalue weighted by Crippen LogP contribution is 2.22. The predicted octanol–water partition coefficient (Wildman–Crippen LogP) is 2.30. The van der Waals surface area contributed by atoms with E-state index in [0.717, 1.165) is 11.7 Å². The van der Waals surface area contributed by atoms with Crippen molar-refractivity contribution in [2.45, 2.75) is 20.3 Å². The van der Waals surface area contributed by atoms with E-state index in [1.807, 2.05) is 32.0 Å². The van der Waals surface area contributed by atoms with Crippen LogP contribution in [-0.2, 0) is 6.42 Å². The summed E-state index contributed by atoms with van der Waals surface area (Å²) in [5.41, 5.74) is 1.37. The number of pyridine rings is 1. The molecule has 3 rings (SSSR count). The maximum atomic E-state index is 12.3. The lowest BCUT2D eigenvalue weighted by Crippen LogP contribution is -2.25. The fraction of sp³-hybridized carbons (Fsp3) is 0.312. The molecular formula is C16H18N6O2S. The van der Waals surface area contributed by atoms with Crippen LogP contribution >= 0.6 is 11.3 Å². The Morgan fingerprint density at radius 1 is 1.32 bits per heavy atom. The van der Waals surface area contributed by atoms with E-state index in [0.29, 0.717) is 40.9 Å². The van der Waals surface area contributed by atoms with E-state index in [4.69, 9.17) is 4.52 Å². The number of hydrogen-bond donors (Lipinski definition) is 2. The smallest absolute Gasteiger partial charge is 0.263 e. The van der Waals surface area contributed by atoms with Gasteiger partial charge < -0.3 is 15.2 Å². The Morgan fingerprint density at radius 3 is 2.96 bits per heavy atom. The topological polar surface area (TPSA) is 106 Å². The molecule has 25 heavy (non-hydrogen) atoms. The van der Waals surface area contributed by atoms with Gasteiger partial charge in [-0.2, -0.15) is 4.98 Å². The number of thiazole rings is 1. The highest BCUT2D eigenvalue weighted by Gasteiger charge is 2.15. The molecule has 0 fully saturated rings. The quantitative estimate of drug-likeness (QED) is 0.667. The monoisotopic (exact) mass is 358 g/mol. The highest BCUT2D eigenvalue weighted by atomic mass is 32.1. The first-order valence-electron chi connectivity index (χ1n) is 7.91. The summed E-state index contributed by atoms with van der Waals surface area (Å²) < 4.78 is 5.19. The number of nitrogens with zero attached hydrogens (tertiary/aromatic N) is 4. The number of nitrogens with one attached hydrogen (secondary N) is 2. The molecule has 8 nitrogen and oxygen atoms in total. The number of anilines is 1. The molecule has 0 atom stereocenters. The molecule has 0 bridgehead atoms. The maximum Gasteiger partial charge on any atom is 0.263 e. The molecule has 0 radical (unpaired) electrons. The molecule has 0 spiro atoms. The standard InChI is InChI=1S/C16H18N6O2S/c1-3-17-16-20-10(2)13(25-16)15(23)19-9-7-12-21-14(22-24-12)11-6-4-5-8-18-11/h4-6,8H,3,7,9H2,1-2H3,(H,17,20)(H,19,23). The van der Waals surface area contributed by atoms with Gasteiger partial charge in [0.15, 0.2) is 5.13 Å². The summed E-state index contributed by atoms with van der Waals surface area (Å²) >= 11 is 1.35. The summed E-state index contributed by atoms with van der Waals surface area (Å²) in [5.74, 6) is 0.745. The first-order chi connectivity index (χ1) is 12.2. The number of carbonyl (C=O) groups is 1. The van der Waals surface area contributed by atoms with Gasteiger partial charge in [0.1, 0.15) is 10.6 Å². The van der Waals surface area contributed by atoms with Gasteiger partial charge in [-0.3, -0.25) is 9.78 Å². The molecule has 3 aromatic heterocycles. The van der Waals surface area contributed by atoms with E-state index in [1.165, 1.54) is 11.3 Å². The second kappa shape index (κ2) is 7.84. The third kappa shape index (κ3) is 4.18. The molecule has 0 aromatic carbocycles. The number of rotatable bonds is 7. The fourth-order valence-corrected chi connectivity index (χ4v) is 3.10. The van der Waals surface area contributed by atoms with E-state index in [1.54, 1.807) is 6.20 Å². The zero-order chi connectivity index (χ0) is 17.6. The van der Waals surface area contributed by atoms with E-state index < -0.39 is 0 Å². The van der Waals surface area contributed by atoms with Crippen molar-refractivity contribution in [3.05, 3.63) is 40.9 Å². The van der Waals surface area contributed by atoms with Crippen LogP contribution in [0.2, 0.25) is 0 Å². The Balaban J connectivity index is 1.54. The second-order valence-corrected chi connectivity index (χ2v) is 6.20. The van der Waals surface area contributed by atoms with Crippen LogP contribution in [0.15, 0.2) is 28.9 Å². The molecule has 0 aliphatic carbocycles. The van der Waals surface area contributed by atoms with Gasteiger partial charge in [0, 0.05) is 25.7 Å². The van der Waals surface area contributed by atoms with Crippen LogP contribution in [0.3, 0.4) is 0 Å². The van der Waals surface area contributed by atoms with E-state index >= 15 is 0 Å². The Labute approximate surface area is 148 Å². The zero-order valence-electron chi connectivity index (χ0n) is 13.9. The highest BCUT2D eigenvalue weighted by molar-refractivity contribution is 7.17. The SMILES string of the molecule is CCNc1nc(C)c(C(=O)NCCc2nc(-c3ccccn3)no2)s1. The molecule has 0 saturated heterocycles. The Morgan fingerprint density at radius 2 is 2.20 bits per heavy atom. The first-order valence-corrected chi connectivity index (χ1v) is 8.72. The zero-order valence-corrected chi connectivity index (χ0v) is 14.8. The molecule has 3 heterocycles. The van der Waals surface area contributed by atoms with Gasteiger partial charge in [-0.05, 0) is 26.0 Å². The predicted molar refractivity (Wildman–Crippen MR) is 94.6 cm³/mol. The first kappa shape index (κ1) is 17.0. The Bertz CT molecular complexity index is 845. The van der Waals surface area contributed by atoms with E-state index in [-0.39, 0.29) is 5.91 Å². The lowest BCUT2D eigenvalue weighted by Gasteiger charge is -2.01. The van der Waals surface area contributed by atoms with Crippen molar-refractivity contribution in [2.24, 2.45) is 0 Å². The minimum Gasteiger partial charge on any atom is -0.362 e. The summed E-state index contributed by atoms with van der Waals surface area (Å²) in [5, 5.41) is 10.6. The lowest BCUT2D eigenvalue weighted by atomic mass is 10.3. The van der Waals surface area contributed by atoms with Gasteiger partial charge in [-0.1, -0.05) is 22.6 Å². The summed E-state index contributed by atoms with van der Waals surface area (Å²) in [6.45, 7) is 4.98. The van der Waals surface area contributed by atoms with E-state index in [9.17, 15) is 4.79 Å². The Hall–Kier alpha value is -2.81. The average molecular weight is 358 g/mol. The Kier molecular flexibility index (Phi) is 5.34. The number of carbonyl (C=O) groups excluding carboxylic acids is 1. The van der Waals surface area contributed by atoms with Gasteiger partial charge in [-0.25, -0.2) is 4.98 Å². The lowest BCUT2D eigenvalue weighted by molar-refractivity contribution is 0.0956. The molecule has 0 unspecified atom stereocenters. The molecule has 2 N–H and O–H groups in total. The van der Waals surface area contributed by atoms with Crippen LogP contribution in [0.4, 0.5) is 5.13 Å². The molecule has 0 aliphatic heterocycles. The minimum absolute atomic E-state index is 0.149. The number of amides is 1. The van der Waals surface area contributed by atoms with Gasteiger partial charge in [-0.15, -0.1) is 0 Å². The molecule has 0 saturated carbocycles. The average Bonchev–Trinajstić information content (AvgIpc) is 3.23. The number of aryl methyl sites for hydroxylation is 1. The van der Waals surface area contributed by atoms with Crippen molar-refractivity contribution >= 4 is 22.4 Å². The summed E-state index contributed by atoms with van der Waals surface area (Å²) in [6.07, 6.45) is 2.12. The fourth-order valence-electron chi connectivity index (χ4n) is 2.15. The van der Waals surface area contributed by atoms with Gasteiger partial charge in [0.2, 0.25) is 11.7 Å². The van der Waals surface area contributed by atoms with Crippen LogP contribution in [-0.4, -0.2) is 39.1 Å². The summed E-state index contributed by atoms with van der Waals surface area (Å²) in [6, 6.07) is 5.49. The van der Waals surface area contributed by atoms with Crippen molar-refractivity contribution in [2.75, 3.05) is 18.4 Å². The molecular weight excluding hydrogens is 340 g/mol. The van der Waals surface area contributed by atoms with Gasteiger partial charge in [0.05, 0.1) is 5.69 Å². The van der Waals surface area contributed by atoms with Crippen LogP contribution < -0.4 is 10.6 Å². The molecule has 3 aromatic rings. The third-order valence-electron chi connectivity index (χ3n) is 3.32. The van der Waals surface area contributed by atoms with Gasteiger partial charge >= 0.3 is 0 Å². The van der Waals surface area contributed by atoms with Crippen molar-refractivity contribution in [3.63, 3.8) is 0 Å². The summed E-state index contributed by atoms with van der Waals surface area (Å²) in [4.78, 5) is 25.6. The number of hydrogen-bond acceptors (Lipinski definition) is 8. The largest absolute Gasteiger partial charge is 0.362 e. The van der Waals surface area contributed by atoms with Crippen LogP contribution in [0.25, 0.3) is 11.5 Å². The third-order valence-corrected chi connectivity index (χ3v) is 4.43. The number of aromatic nitrogens is 4. The minimum atomic E-state index is -0.149. The van der Waals surface area contributed by atoms with Crippen molar-refractivity contribution in [3.8, 4) is 11.5 Å². The molecule has 9 heteroatoms. The van der Waals surface area contributed by atoms with Crippen molar-refractivity contribution < 1.29 is 9.32 Å². The second-order valence-electron chi connectivity index (χ2n) is 5.20. The maximum absolute atomic E-state index is 12.3. The van der Waals surface area contributed by atoms with Crippen LogP contribution in [0, 0.1) is 6.92 Å². The van der Waals surface area contributed by atoms with Crippen LogP contribution in [0.5, 0.6) is 0 Å². The van der Waals surface area contributed by atoms with Gasteiger partial charge in [0.25, 0.3) is 5.91 Å².